The van der Waals surface area contributed by atoms with Gasteiger partial charge < -0.3 is 15.2 Å². The van der Waals surface area contributed by atoms with Gasteiger partial charge in [-0.25, -0.2) is 23.8 Å². The number of carbonyl (C=O) groups is 1. The van der Waals surface area contributed by atoms with E-state index in [0.717, 1.165) is 6.20 Å². The van der Waals surface area contributed by atoms with Crippen molar-refractivity contribution in [3.63, 3.8) is 0 Å². The van der Waals surface area contributed by atoms with Crippen molar-refractivity contribution in [3.05, 3.63) is 28.7 Å². The molecule has 4 rings (SSSR count). The molecule has 2 aromatic heterocycles. The lowest BCUT2D eigenvalue weighted by atomic mass is 10.1. The highest BCUT2D eigenvalue weighted by molar-refractivity contribution is 7.91. The van der Waals surface area contributed by atoms with Crippen LogP contribution < -0.4 is 15.2 Å². The van der Waals surface area contributed by atoms with E-state index < -0.39 is 33.9 Å². The molecule has 14 heteroatoms. The van der Waals surface area contributed by atoms with Crippen LogP contribution in [0.15, 0.2) is 15.5 Å². The molecule has 2 aliphatic rings. The first-order chi connectivity index (χ1) is 14.5. The Morgan fingerprint density at radius 3 is 2.90 bits per heavy atom. The van der Waals surface area contributed by atoms with Gasteiger partial charge >= 0.3 is 12.2 Å². The van der Waals surface area contributed by atoms with Gasteiger partial charge in [-0.05, 0) is 31.7 Å². The number of aryl methyl sites for hydroxylation is 1. The molecule has 1 aliphatic heterocycles. The number of hydrogen-bond donors (Lipinski definition) is 3. The van der Waals surface area contributed by atoms with Crippen molar-refractivity contribution in [2.45, 2.75) is 49.9 Å². The lowest BCUT2D eigenvalue weighted by Gasteiger charge is -2.20. The van der Waals surface area contributed by atoms with Crippen LogP contribution in [0.2, 0.25) is 0 Å². The third-order valence-electron chi connectivity index (χ3n) is 5.06. The summed E-state index contributed by atoms with van der Waals surface area (Å²) in [6.45, 7) is 1.21. The van der Waals surface area contributed by atoms with Crippen LogP contribution >= 0.6 is 0 Å². The number of anilines is 1. The van der Waals surface area contributed by atoms with Gasteiger partial charge in [0.25, 0.3) is 0 Å². The number of amides is 2. The van der Waals surface area contributed by atoms with Crippen LogP contribution in [0, 0.1) is 6.92 Å². The molecule has 2 aromatic rings. The van der Waals surface area contributed by atoms with E-state index in [4.69, 9.17) is 9.88 Å². The fourth-order valence-electron chi connectivity index (χ4n) is 3.69. The van der Waals surface area contributed by atoms with E-state index in [-0.39, 0.29) is 40.9 Å². The monoisotopic (exact) mass is 460 g/mol. The Labute approximate surface area is 174 Å². The van der Waals surface area contributed by atoms with Crippen molar-refractivity contribution in [2.24, 2.45) is 9.50 Å². The van der Waals surface area contributed by atoms with E-state index in [1.54, 1.807) is 0 Å². The van der Waals surface area contributed by atoms with Gasteiger partial charge in [0.1, 0.15) is 23.3 Å². The van der Waals surface area contributed by atoms with Crippen molar-refractivity contribution in [3.8, 4) is 5.88 Å². The summed E-state index contributed by atoms with van der Waals surface area (Å²) < 4.78 is 63.0. The van der Waals surface area contributed by atoms with Crippen molar-refractivity contribution in [1.82, 2.24) is 14.8 Å². The number of aliphatic hydroxyl groups is 1. The highest BCUT2D eigenvalue weighted by Crippen LogP contribution is 2.39. The Kier molecular flexibility index (Phi) is 5.18. The number of carbonyl (C=O) groups excluding carboxylic acids is 1. The smallest absolute Gasteiger partial charge is 0.433 e. The maximum Gasteiger partial charge on any atom is 0.433 e. The first-order valence-electron chi connectivity index (χ1n) is 9.29. The SMILES string of the molecule is Cc1c(C(F)(F)F)nc2c(c1NC(=O)N=S(N)(=O)c1cnn3c1OC[C@H](O)C3)CCC2. The van der Waals surface area contributed by atoms with Gasteiger partial charge in [-0.2, -0.15) is 18.3 Å². The summed E-state index contributed by atoms with van der Waals surface area (Å²) >= 11 is 0. The molecular weight excluding hydrogens is 441 g/mol. The number of alkyl halides is 3. The van der Waals surface area contributed by atoms with E-state index in [2.05, 4.69) is 19.8 Å². The molecule has 4 N–H and O–H groups in total. The molecule has 0 aromatic carbocycles. The van der Waals surface area contributed by atoms with E-state index in [0.29, 0.717) is 24.8 Å². The number of ether oxygens (including phenoxy) is 1. The zero-order chi connectivity index (χ0) is 22.6. The number of pyridine rings is 1. The van der Waals surface area contributed by atoms with Gasteiger partial charge in [0, 0.05) is 11.3 Å². The minimum Gasteiger partial charge on any atom is -0.474 e. The molecule has 1 aliphatic carbocycles. The zero-order valence-electron chi connectivity index (χ0n) is 16.3. The van der Waals surface area contributed by atoms with Crippen LogP contribution in [0.4, 0.5) is 23.7 Å². The Bertz CT molecular complexity index is 1190. The second-order valence-electron chi connectivity index (χ2n) is 7.29. The van der Waals surface area contributed by atoms with Crippen molar-refractivity contribution < 1.29 is 32.0 Å². The normalized spacial score (nSPS) is 19.7. The Morgan fingerprint density at radius 2 is 2.19 bits per heavy atom. The largest absolute Gasteiger partial charge is 0.474 e. The highest BCUT2D eigenvalue weighted by atomic mass is 32.2. The second-order valence-corrected chi connectivity index (χ2v) is 9.05. The second kappa shape index (κ2) is 7.46. The topological polar surface area (TPSA) is 145 Å². The molecule has 10 nitrogen and oxygen atoms in total. The molecule has 0 bridgehead atoms. The first-order valence-corrected chi connectivity index (χ1v) is 10.9. The Morgan fingerprint density at radius 1 is 1.45 bits per heavy atom. The zero-order valence-corrected chi connectivity index (χ0v) is 17.1. The number of rotatable bonds is 2. The third kappa shape index (κ3) is 3.97. The summed E-state index contributed by atoms with van der Waals surface area (Å²) in [6.07, 6.45) is -2.99. The number of hydrogen-bond acceptors (Lipinski definition) is 6. The maximum absolute atomic E-state index is 13.4. The van der Waals surface area contributed by atoms with Crippen LogP contribution in [0.1, 0.15) is 28.9 Å². The Hall–Kier alpha value is -2.71. The minimum atomic E-state index is -4.70. The molecule has 168 valence electrons. The predicted octanol–water partition coefficient (Wildman–Crippen LogP) is 1.78. The molecule has 0 radical (unpaired) electrons. The molecular formula is C17H19F3N6O4S. The quantitative estimate of drug-likeness (QED) is 0.623. The minimum absolute atomic E-state index is 0.00897. The molecule has 31 heavy (non-hydrogen) atoms. The molecule has 3 heterocycles. The lowest BCUT2D eigenvalue weighted by molar-refractivity contribution is -0.141. The summed E-state index contributed by atoms with van der Waals surface area (Å²) in [5.41, 5.74) is -0.623. The summed E-state index contributed by atoms with van der Waals surface area (Å²) in [7, 11) is -3.83. The number of halogens is 3. The van der Waals surface area contributed by atoms with Crippen molar-refractivity contribution in [1.29, 1.82) is 0 Å². The van der Waals surface area contributed by atoms with E-state index in [1.165, 1.54) is 11.6 Å². The van der Waals surface area contributed by atoms with Gasteiger partial charge in [0.2, 0.25) is 5.88 Å². The molecule has 0 fully saturated rings. The van der Waals surface area contributed by atoms with Crippen LogP contribution in [0.3, 0.4) is 0 Å². The fraction of sp³-hybridized carbons (Fsp3) is 0.471. The maximum atomic E-state index is 13.4. The number of urea groups is 1. The van der Waals surface area contributed by atoms with Crippen molar-refractivity contribution >= 4 is 21.6 Å². The number of nitrogens with one attached hydrogen (secondary N) is 1. The van der Waals surface area contributed by atoms with Crippen LogP contribution in [0.25, 0.3) is 0 Å². The number of aromatic nitrogens is 3. The number of aliphatic hydroxyl groups excluding tert-OH is 1. The fourth-order valence-corrected chi connectivity index (χ4v) is 4.70. The third-order valence-corrected chi connectivity index (χ3v) is 6.40. The highest BCUT2D eigenvalue weighted by Gasteiger charge is 2.38. The van der Waals surface area contributed by atoms with Crippen LogP contribution in [-0.4, -0.2) is 42.8 Å². The van der Waals surface area contributed by atoms with Crippen LogP contribution in [-0.2, 0) is 35.5 Å². The first kappa shape index (κ1) is 21.5. The van der Waals surface area contributed by atoms with Crippen molar-refractivity contribution in [2.75, 3.05) is 11.9 Å². The van der Waals surface area contributed by atoms with Gasteiger partial charge in [0.05, 0.1) is 18.4 Å². The predicted molar refractivity (Wildman–Crippen MR) is 102 cm³/mol. The average Bonchev–Trinajstić information content (AvgIpc) is 3.28. The standard InChI is InChI=1S/C17H19F3N6O4S/c1-8-13(10-3-2-4-11(10)23-14(8)17(18,19)20)24-16(28)25-31(21,29)12-5-22-26-6-9(27)7-30-15(12)26/h5,9,27H,2-4,6-7H2,1H3,(H3,21,23,24,25,28,29)/t9-,31?/m1/s1. The van der Waals surface area contributed by atoms with E-state index in [9.17, 15) is 27.3 Å². The summed E-state index contributed by atoms with van der Waals surface area (Å²) in [6, 6.07) is -1.17. The van der Waals surface area contributed by atoms with Gasteiger partial charge in [-0.1, -0.05) is 0 Å². The molecule has 2 atom stereocenters. The molecule has 0 saturated heterocycles. The van der Waals surface area contributed by atoms with Gasteiger partial charge in [-0.3, -0.25) is 0 Å². The number of fused-ring (bicyclic) bond motifs is 2. The summed E-state index contributed by atoms with van der Waals surface area (Å²) in [5, 5.41) is 21.6. The van der Waals surface area contributed by atoms with Crippen LogP contribution in [0.5, 0.6) is 5.88 Å². The van der Waals surface area contributed by atoms with E-state index >= 15 is 0 Å². The molecule has 0 spiro atoms. The number of nitrogens with zero attached hydrogens (tertiary/aromatic N) is 4. The molecule has 0 saturated carbocycles. The average molecular weight is 460 g/mol. The Balaban J connectivity index is 1.69. The molecule has 2 amide bonds. The lowest BCUT2D eigenvalue weighted by Crippen LogP contribution is -2.31. The number of nitrogens with two attached hydrogens (primary N) is 1. The van der Waals surface area contributed by atoms with E-state index in [1.807, 2.05) is 0 Å². The summed E-state index contributed by atoms with van der Waals surface area (Å²) in [4.78, 5) is 16.1. The summed E-state index contributed by atoms with van der Waals surface area (Å²) in [5.74, 6) is 0.00897. The van der Waals surface area contributed by atoms with Gasteiger partial charge in [-0.15, -0.1) is 4.36 Å². The van der Waals surface area contributed by atoms with Gasteiger partial charge in [0.15, 0.2) is 9.92 Å². The molecule has 1 unspecified atom stereocenters.